The van der Waals surface area contributed by atoms with Crippen LogP contribution in [0.1, 0.15) is 92.9 Å². The van der Waals surface area contributed by atoms with E-state index in [-0.39, 0.29) is 25.4 Å². The maximum atomic E-state index is 12.8. The SMILES string of the molecule is COC1CC(OC2CCC3(C)C(=CCC4(O)C3C(O)C(O)C3(C)C(O)(C(C)=O)CCC43O)C2)OC(C)C1OC1CC(OC)C(OC2OC(C)C(O)C(OC)C2O)C(C)O1. The first-order valence-electron chi connectivity index (χ1n) is 21.3. The van der Waals surface area contributed by atoms with Gasteiger partial charge in [0.05, 0.1) is 54.2 Å². The molecular formula is C42H68O17. The lowest BCUT2D eigenvalue weighted by Crippen LogP contribution is -2.81. The molecule has 4 aliphatic carbocycles. The molecule has 17 heteroatoms. The van der Waals surface area contributed by atoms with Crippen LogP contribution in [0.15, 0.2) is 11.6 Å². The van der Waals surface area contributed by atoms with Crippen molar-refractivity contribution < 1.29 is 83.2 Å². The predicted molar refractivity (Wildman–Crippen MR) is 204 cm³/mol. The van der Waals surface area contributed by atoms with Crippen molar-refractivity contribution in [3.05, 3.63) is 11.6 Å². The maximum Gasteiger partial charge on any atom is 0.187 e. The summed E-state index contributed by atoms with van der Waals surface area (Å²) in [7, 11) is 4.57. The van der Waals surface area contributed by atoms with E-state index in [1.54, 1.807) is 21.1 Å². The first-order valence-corrected chi connectivity index (χ1v) is 21.3. The van der Waals surface area contributed by atoms with Gasteiger partial charge in [-0.2, -0.15) is 0 Å². The summed E-state index contributed by atoms with van der Waals surface area (Å²) in [5.41, 5.74) is -7.88. The Hall–Kier alpha value is -1.23. The number of aliphatic hydroxyl groups excluding tert-OH is 4. The Morgan fingerprint density at radius 2 is 1.32 bits per heavy atom. The van der Waals surface area contributed by atoms with Crippen LogP contribution >= 0.6 is 0 Å². The Morgan fingerprint density at radius 1 is 0.729 bits per heavy atom. The van der Waals surface area contributed by atoms with E-state index >= 15 is 0 Å². The quantitative estimate of drug-likeness (QED) is 0.147. The van der Waals surface area contributed by atoms with Gasteiger partial charge in [0, 0.05) is 40.1 Å². The first-order chi connectivity index (χ1) is 27.6. The van der Waals surface area contributed by atoms with Crippen molar-refractivity contribution in [2.45, 2.75) is 208 Å². The summed E-state index contributed by atoms with van der Waals surface area (Å²) >= 11 is 0. The van der Waals surface area contributed by atoms with E-state index in [0.29, 0.717) is 32.1 Å². The molecule has 3 saturated carbocycles. The summed E-state index contributed by atoms with van der Waals surface area (Å²) < 4.78 is 54.9. The largest absolute Gasteiger partial charge is 0.390 e. The van der Waals surface area contributed by atoms with Gasteiger partial charge in [0.2, 0.25) is 0 Å². The van der Waals surface area contributed by atoms with Gasteiger partial charge in [0.25, 0.3) is 0 Å². The van der Waals surface area contributed by atoms with E-state index in [4.69, 9.17) is 42.6 Å². The van der Waals surface area contributed by atoms with Gasteiger partial charge in [-0.3, -0.25) is 4.79 Å². The number of carbonyl (C=O) groups is 1. The Balaban J connectivity index is 0.982. The lowest BCUT2D eigenvalue weighted by molar-refractivity contribution is -0.352. The fraction of sp³-hybridized carbons (Fsp3) is 0.929. The van der Waals surface area contributed by atoms with Crippen LogP contribution in [0.4, 0.5) is 0 Å². The fourth-order valence-electron chi connectivity index (χ4n) is 12.4. The molecule has 0 spiro atoms. The van der Waals surface area contributed by atoms with Gasteiger partial charge in [-0.1, -0.05) is 25.5 Å². The van der Waals surface area contributed by atoms with Crippen molar-refractivity contribution in [1.82, 2.24) is 0 Å². The molecule has 22 atom stereocenters. The number of hydrogen-bond acceptors (Lipinski definition) is 17. The number of rotatable bonds is 10. The summed E-state index contributed by atoms with van der Waals surface area (Å²) in [5.74, 6) is -1.60. The highest BCUT2D eigenvalue weighted by atomic mass is 16.8. The molecule has 7 N–H and O–H groups in total. The number of methoxy groups -OCH3 is 3. The van der Waals surface area contributed by atoms with E-state index in [1.165, 1.54) is 21.0 Å². The van der Waals surface area contributed by atoms with Crippen LogP contribution in [0.2, 0.25) is 0 Å². The minimum atomic E-state index is -2.12. The van der Waals surface area contributed by atoms with E-state index in [1.807, 2.05) is 26.8 Å². The highest BCUT2D eigenvalue weighted by molar-refractivity contribution is 5.87. The molecular weight excluding hydrogens is 776 g/mol. The van der Waals surface area contributed by atoms with Crippen molar-refractivity contribution in [2.24, 2.45) is 16.7 Å². The number of carbonyl (C=O) groups excluding carboxylic acids is 1. The van der Waals surface area contributed by atoms with Crippen molar-refractivity contribution in [3.8, 4) is 0 Å². The standard InChI is InChI=1S/C42H68O17/c1-19-29(44)34(53-9)30(45)37(56-19)59-33-21(3)55-28(18-26(33)52-8)58-32-20(2)54-27(17-25(32)51-7)57-24-11-12-38(5)23(16-24)10-13-41(49)35(38)31(46)36(47)39(6)40(48,22(4)43)14-15-42(39,41)50/h10,19-21,24-37,44-50H,11-18H2,1-9H3. The molecule has 7 aliphatic rings. The molecule has 22 unspecified atom stereocenters. The molecule has 0 aromatic heterocycles. The van der Waals surface area contributed by atoms with Gasteiger partial charge in [-0.25, -0.2) is 0 Å². The normalized spacial score (nSPS) is 55.1. The second-order valence-electron chi connectivity index (χ2n) is 18.8. The van der Waals surface area contributed by atoms with Crippen molar-refractivity contribution in [1.29, 1.82) is 0 Å². The third-order valence-electron chi connectivity index (χ3n) is 16.0. The summed E-state index contributed by atoms with van der Waals surface area (Å²) in [5, 5.41) is 81.1. The number of ketones is 1. The summed E-state index contributed by atoms with van der Waals surface area (Å²) in [6, 6.07) is 0. The molecule has 0 aromatic carbocycles. The van der Waals surface area contributed by atoms with Crippen LogP contribution in [0.25, 0.3) is 0 Å². The van der Waals surface area contributed by atoms with Gasteiger partial charge in [-0.05, 0) is 71.6 Å². The molecule has 3 saturated heterocycles. The monoisotopic (exact) mass is 844 g/mol. The average Bonchev–Trinajstić information content (AvgIpc) is 3.42. The van der Waals surface area contributed by atoms with Crippen molar-refractivity contribution in [2.75, 3.05) is 21.3 Å². The van der Waals surface area contributed by atoms with Crippen LogP contribution < -0.4 is 0 Å². The molecule has 3 heterocycles. The fourth-order valence-corrected chi connectivity index (χ4v) is 12.4. The van der Waals surface area contributed by atoms with Crippen molar-refractivity contribution in [3.63, 3.8) is 0 Å². The van der Waals surface area contributed by atoms with Gasteiger partial charge in [-0.15, -0.1) is 0 Å². The van der Waals surface area contributed by atoms with E-state index in [9.17, 15) is 40.5 Å². The minimum Gasteiger partial charge on any atom is -0.390 e. The van der Waals surface area contributed by atoms with Crippen LogP contribution in [0.3, 0.4) is 0 Å². The smallest absolute Gasteiger partial charge is 0.187 e. The van der Waals surface area contributed by atoms with E-state index in [0.717, 1.165) is 5.57 Å². The Kier molecular flexibility index (Phi) is 12.7. The Morgan fingerprint density at radius 3 is 1.90 bits per heavy atom. The minimum absolute atomic E-state index is 0.0342. The topological polar surface area (TPSA) is 242 Å². The Labute approximate surface area is 346 Å². The lowest BCUT2D eigenvalue weighted by atomic mass is 9.41. The molecule has 3 aliphatic heterocycles. The van der Waals surface area contributed by atoms with Gasteiger partial charge < -0.3 is 78.4 Å². The first kappa shape index (κ1) is 45.8. The molecule has 338 valence electrons. The lowest BCUT2D eigenvalue weighted by Gasteiger charge is -2.68. The van der Waals surface area contributed by atoms with Crippen LogP contribution in [0, 0.1) is 16.7 Å². The highest BCUT2D eigenvalue weighted by Crippen LogP contribution is 2.70. The third kappa shape index (κ3) is 6.93. The summed E-state index contributed by atoms with van der Waals surface area (Å²) in [6.45, 7) is 9.93. The van der Waals surface area contributed by atoms with E-state index in [2.05, 4.69) is 0 Å². The second-order valence-corrected chi connectivity index (χ2v) is 18.8. The molecule has 0 amide bonds. The number of ether oxygens (including phenoxy) is 9. The van der Waals surface area contributed by atoms with Crippen LogP contribution in [-0.2, 0) is 47.4 Å². The van der Waals surface area contributed by atoms with Gasteiger partial charge in [0.15, 0.2) is 24.7 Å². The third-order valence-corrected chi connectivity index (χ3v) is 16.0. The highest BCUT2D eigenvalue weighted by Gasteiger charge is 2.82. The average molecular weight is 845 g/mol. The molecule has 0 aromatic rings. The van der Waals surface area contributed by atoms with Crippen LogP contribution in [-0.4, -0.2) is 178 Å². The van der Waals surface area contributed by atoms with E-state index < -0.39 is 131 Å². The Bertz CT molecular complexity index is 1570. The number of Topliss-reactive ketones (excluding diaryl/α,β-unsaturated/α-hetero) is 1. The molecule has 0 bridgehead atoms. The number of fused-ring (bicyclic) bond motifs is 5. The van der Waals surface area contributed by atoms with Gasteiger partial charge in [0.1, 0.15) is 47.3 Å². The van der Waals surface area contributed by atoms with Crippen molar-refractivity contribution >= 4 is 5.78 Å². The molecule has 0 radical (unpaired) electrons. The molecule has 7 rings (SSSR count). The second kappa shape index (κ2) is 16.4. The zero-order chi connectivity index (χ0) is 43.2. The molecule has 59 heavy (non-hydrogen) atoms. The molecule has 6 fully saturated rings. The summed E-state index contributed by atoms with van der Waals surface area (Å²) in [4.78, 5) is 12.8. The zero-order valence-electron chi connectivity index (χ0n) is 35.8. The van der Waals surface area contributed by atoms with Crippen LogP contribution in [0.5, 0.6) is 0 Å². The molecule has 17 nitrogen and oxygen atoms in total. The summed E-state index contributed by atoms with van der Waals surface area (Å²) in [6.07, 6.45) is -9.06. The number of hydrogen-bond donors (Lipinski definition) is 7. The number of aliphatic hydroxyl groups is 7. The zero-order valence-corrected chi connectivity index (χ0v) is 35.8. The maximum absolute atomic E-state index is 12.8. The van der Waals surface area contributed by atoms with Gasteiger partial charge >= 0.3 is 0 Å². The predicted octanol–water partition coefficient (Wildman–Crippen LogP) is 0.378.